The number of benzene rings is 2. The van der Waals surface area contributed by atoms with Crippen molar-refractivity contribution in [3.05, 3.63) is 120 Å². The van der Waals surface area contributed by atoms with Gasteiger partial charge in [-0.3, -0.25) is 9.97 Å². The van der Waals surface area contributed by atoms with E-state index in [2.05, 4.69) is 33.6 Å². The second-order valence-corrected chi connectivity index (χ2v) is 6.09. The van der Waals surface area contributed by atoms with E-state index in [1.165, 1.54) is 0 Å². The van der Waals surface area contributed by atoms with Crippen LogP contribution in [0.4, 0.5) is 0 Å². The van der Waals surface area contributed by atoms with Gasteiger partial charge in [-0.25, -0.2) is 0 Å². The van der Waals surface area contributed by atoms with E-state index in [4.69, 9.17) is 0 Å². The number of hydrogen-bond donors (Lipinski definition) is 0. The molecule has 0 unspecified atom stereocenters. The summed E-state index contributed by atoms with van der Waals surface area (Å²) in [5.41, 5.74) is 5.33. The van der Waals surface area contributed by atoms with Crippen LogP contribution in [0, 0.1) is 23.7 Å². The molecule has 0 spiro atoms. The standard InChI is InChI=1S/C26H16N2/c1-3-7-21(8-4-1)11-13-23-15-17-27-25(19-23)26-20-24(16-18-28-26)14-12-22-9-5-2-6-10-22/h1-10,15-20H. The molecule has 0 atom stereocenters. The van der Waals surface area contributed by atoms with Gasteiger partial charge in [-0.15, -0.1) is 0 Å². The van der Waals surface area contributed by atoms with Crippen molar-refractivity contribution < 1.29 is 0 Å². The molecule has 0 saturated heterocycles. The normalized spacial score (nSPS) is 9.57. The summed E-state index contributed by atoms with van der Waals surface area (Å²) in [6.45, 7) is 0. The van der Waals surface area contributed by atoms with Gasteiger partial charge < -0.3 is 0 Å². The van der Waals surface area contributed by atoms with Gasteiger partial charge in [0.05, 0.1) is 11.4 Å². The van der Waals surface area contributed by atoms with E-state index in [1.807, 2.05) is 84.9 Å². The lowest BCUT2D eigenvalue weighted by Crippen LogP contribution is -1.89. The van der Waals surface area contributed by atoms with Gasteiger partial charge in [-0.2, -0.15) is 0 Å². The van der Waals surface area contributed by atoms with Crippen LogP contribution in [0.2, 0.25) is 0 Å². The molecule has 2 aromatic heterocycles. The van der Waals surface area contributed by atoms with Gasteiger partial charge in [0.2, 0.25) is 0 Å². The molecule has 0 fully saturated rings. The Bertz CT molecular complexity index is 1110. The molecule has 2 heterocycles. The van der Waals surface area contributed by atoms with E-state index in [0.717, 1.165) is 33.6 Å². The number of nitrogens with zero attached hydrogens (tertiary/aromatic N) is 2. The van der Waals surface area contributed by atoms with Crippen LogP contribution in [-0.4, -0.2) is 9.97 Å². The first-order valence-electron chi connectivity index (χ1n) is 8.93. The molecule has 2 heteroatoms. The minimum absolute atomic E-state index is 0.781. The van der Waals surface area contributed by atoms with Crippen molar-refractivity contribution in [2.24, 2.45) is 0 Å². The average molecular weight is 356 g/mol. The van der Waals surface area contributed by atoms with Crippen molar-refractivity contribution >= 4 is 0 Å². The fraction of sp³-hybridized carbons (Fsp3) is 0. The molecule has 0 bridgehead atoms. The largest absolute Gasteiger partial charge is 0.255 e. The van der Waals surface area contributed by atoms with Crippen LogP contribution in [0.1, 0.15) is 22.3 Å². The minimum atomic E-state index is 0.781. The number of hydrogen-bond acceptors (Lipinski definition) is 2. The van der Waals surface area contributed by atoms with Crippen molar-refractivity contribution in [3.63, 3.8) is 0 Å². The van der Waals surface area contributed by atoms with Gasteiger partial charge in [0.25, 0.3) is 0 Å². The summed E-state index contributed by atoms with van der Waals surface area (Å²) in [5, 5.41) is 0. The summed E-state index contributed by atoms with van der Waals surface area (Å²) in [5.74, 6) is 12.7. The van der Waals surface area contributed by atoms with Crippen molar-refractivity contribution in [3.8, 4) is 35.1 Å². The van der Waals surface area contributed by atoms with Gasteiger partial charge in [-0.1, -0.05) is 60.1 Å². The zero-order valence-electron chi connectivity index (χ0n) is 15.1. The Balaban J connectivity index is 1.60. The van der Waals surface area contributed by atoms with E-state index in [0.29, 0.717) is 0 Å². The smallest absolute Gasteiger partial charge is 0.0898 e. The van der Waals surface area contributed by atoms with E-state index >= 15 is 0 Å². The average Bonchev–Trinajstić information content (AvgIpc) is 2.78. The molecule has 2 nitrogen and oxygen atoms in total. The van der Waals surface area contributed by atoms with Crippen LogP contribution in [0.3, 0.4) is 0 Å². The molecule has 2 aromatic carbocycles. The fourth-order valence-electron chi connectivity index (χ4n) is 2.63. The molecule has 130 valence electrons. The number of aromatic nitrogens is 2. The molecule has 4 rings (SSSR count). The van der Waals surface area contributed by atoms with E-state index in [1.54, 1.807) is 12.4 Å². The number of pyridine rings is 2. The Morgan fingerprint density at radius 3 is 1.25 bits per heavy atom. The van der Waals surface area contributed by atoms with Gasteiger partial charge in [0.1, 0.15) is 0 Å². The molecule has 0 aliphatic heterocycles. The predicted octanol–water partition coefficient (Wildman–Crippen LogP) is 4.94. The predicted molar refractivity (Wildman–Crippen MR) is 112 cm³/mol. The molecular weight excluding hydrogens is 340 g/mol. The first-order chi connectivity index (χ1) is 13.9. The topological polar surface area (TPSA) is 25.8 Å². The Kier molecular flexibility index (Phi) is 5.24. The van der Waals surface area contributed by atoms with E-state index in [-0.39, 0.29) is 0 Å². The minimum Gasteiger partial charge on any atom is -0.255 e. The lowest BCUT2D eigenvalue weighted by molar-refractivity contribution is 1.24. The van der Waals surface area contributed by atoms with Gasteiger partial charge in [0, 0.05) is 34.6 Å². The zero-order valence-corrected chi connectivity index (χ0v) is 15.1. The van der Waals surface area contributed by atoms with Crippen molar-refractivity contribution in [2.45, 2.75) is 0 Å². The third-order valence-corrected chi connectivity index (χ3v) is 4.03. The van der Waals surface area contributed by atoms with Crippen LogP contribution in [0.25, 0.3) is 11.4 Å². The van der Waals surface area contributed by atoms with E-state index in [9.17, 15) is 0 Å². The van der Waals surface area contributed by atoms with Crippen molar-refractivity contribution in [1.29, 1.82) is 0 Å². The summed E-state index contributed by atoms with van der Waals surface area (Å²) in [7, 11) is 0. The van der Waals surface area contributed by atoms with Gasteiger partial charge >= 0.3 is 0 Å². The summed E-state index contributed by atoms with van der Waals surface area (Å²) in [4.78, 5) is 8.89. The second-order valence-electron chi connectivity index (χ2n) is 6.09. The lowest BCUT2D eigenvalue weighted by atomic mass is 10.1. The van der Waals surface area contributed by atoms with Crippen molar-refractivity contribution in [2.75, 3.05) is 0 Å². The first-order valence-corrected chi connectivity index (χ1v) is 8.93. The summed E-state index contributed by atoms with van der Waals surface area (Å²) in [6, 6.07) is 27.6. The molecule has 0 aliphatic rings. The monoisotopic (exact) mass is 356 g/mol. The second kappa shape index (κ2) is 8.49. The maximum absolute atomic E-state index is 4.45. The van der Waals surface area contributed by atoms with E-state index < -0.39 is 0 Å². The summed E-state index contributed by atoms with van der Waals surface area (Å²) >= 11 is 0. The molecular formula is C26H16N2. The highest BCUT2D eigenvalue weighted by molar-refractivity contribution is 5.60. The number of rotatable bonds is 1. The third-order valence-electron chi connectivity index (χ3n) is 4.03. The molecule has 0 saturated carbocycles. The van der Waals surface area contributed by atoms with Gasteiger partial charge in [0.15, 0.2) is 0 Å². The maximum atomic E-state index is 4.45. The molecule has 0 radical (unpaired) electrons. The van der Waals surface area contributed by atoms with Crippen molar-refractivity contribution in [1.82, 2.24) is 9.97 Å². The Morgan fingerprint density at radius 2 is 0.821 bits per heavy atom. The Morgan fingerprint density at radius 1 is 0.429 bits per heavy atom. The molecule has 0 amide bonds. The molecule has 0 aliphatic carbocycles. The quantitative estimate of drug-likeness (QED) is 0.451. The fourth-order valence-corrected chi connectivity index (χ4v) is 2.63. The highest BCUT2D eigenvalue weighted by Crippen LogP contribution is 2.16. The van der Waals surface area contributed by atoms with Crippen LogP contribution in [0.15, 0.2) is 97.3 Å². The van der Waals surface area contributed by atoms with Crippen LogP contribution in [0.5, 0.6) is 0 Å². The molecule has 28 heavy (non-hydrogen) atoms. The van der Waals surface area contributed by atoms with Gasteiger partial charge in [-0.05, 0) is 48.5 Å². The van der Waals surface area contributed by atoms with Crippen LogP contribution >= 0.6 is 0 Å². The summed E-state index contributed by atoms with van der Waals surface area (Å²) < 4.78 is 0. The Labute approximate surface area is 165 Å². The highest BCUT2D eigenvalue weighted by Gasteiger charge is 2.02. The zero-order chi connectivity index (χ0) is 19.0. The summed E-state index contributed by atoms with van der Waals surface area (Å²) in [6.07, 6.45) is 3.52. The highest BCUT2D eigenvalue weighted by atomic mass is 14.8. The lowest BCUT2D eigenvalue weighted by Gasteiger charge is -2.01. The first kappa shape index (κ1) is 17.3. The maximum Gasteiger partial charge on any atom is 0.0898 e. The SMILES string of the molecule is C(#Cc1ccnc(-c2cc(C#Cc3ccccc3)ccn2)c1)c1ccccc1. The van der Waals surface area contributed by atoms with Crippen LogP contribution in [-0.2, 0) is 0 Å². The molecule has 0 N–H and O–H groups in total. The Hall–Kier alpha value is -4.14. The van der Waals surface area contributed by atoms with Crippen LogP contribution < -0.4 is 0 Å². The third kappa shape index (κ3) is 4.52. The molecule has 4 aromatic rings.